The van der Waals surface area contributed by atoms with E-state index in [-0.39, 0.29) is 0 Å². The van der Waals surface area contributed by atoms with E-state index >= 15 is 0 Å². The van der Waals surface area contributed by atoms with Gasteiger partial charge in [-0.25, -0.2) is 0 Å². The molecule has 1 aromatic rings. The third-order valence-electron chi connectivity index (χ3n) is 3.64. The van der Waals surface area contributed by atoms with Crippen LogP contribution in [0, 0.1) is 0 Å². The molecule has 3 nitrogen and oxygen atoms in total. The predicted molar refractivity (Wildman–Crippen MR) is 73.7 cm³/mol. The summed E-state index contributed by atoms with van der Waals surface area (Å²) in [6.45, 7) is 2.49. The first-order valence-corrected chi connectivity index (χ1v) is 6.95. The van der Waals surface area contributed by atoms with E-state index in [0.29, 0.717) is 13.0 Å². The molecule has 0 aromatic heterocycles. The Morgan fingerprint density at radius 3 is 2.52 bits per heavy atom. The number of hydrogen-bond acceptors (Lipinski definition) is 2. The van der Waals surface area contributed by atoms with Crippen LogP contribution in [-0.4, -0.2) is 35.6 Å². The highest BCUT2D eigenvalue weighted by Gasteiger charge is 2.37. The fourth-order valence-corrected chi connectivity index (χ4v) is 2.54. The number of benzene rings is 1. The maximum Gasteiger partial charge on any atom is 0.406 e. The molecule has 2 rings (SSSR count). The van der Waals surface area contributed by atoms with E-state index in [1.165, 1.54) is 0 Å². The second kappa shape index (κ2) is 6.05. The van der Waals surface area contributed by atoms with Crippen molar-refractivity contribution in [3.8, 4) is 0 Å². The third kappa shape index (κ3) is 3.97. The van der Waals surface area contributed by atoms with E-state index in [9.17, 15) is 18.0 Å². The first kappa shape index (κ1) is 15.8. The van der Waals surface area contributed by atoms with Gasteiger partial charge in [-0.2, -0.15) is 13.2 Å². The number of hydrogen-bond donors (Lipinski definition) is 1. The highest BCUT2D eigenvalue weighted by atomic mass is 19.4. The average molecular weight is 300 g/mol. The molecule has 0 saturated carbocycles. The summed E-state index contributed by atoms with van der Waals surface area (Å²) >= 11 is 0. The highest BCUT2D eigenvalue weighted by molar-refractivity contribution is 5.83. The SMILES string of the molecule is CC(C)N(CC(F)(F)F)C(=O)[C@H]1Cc2ccccc2CN1. The Balaban J connectivity index is 2.12. The topological polar surface area (TPSA) is 32.3 Å². The zero-order valence-electron chi connectivity index (χ0n) is 12.1. The summed E-state index contributed by atoms with van der Waals surface area (Å²) in [5.74, 6) is -0.489. The lowest BCUT2D eigenvalue weighted by atomic mass is 9.95. The molecule has 1 atom stereocenters. The van der Waals surface area contributed by atoms with Crippen molar-refractivity contribution in [3.63, 3.8) is 0 Å². The van der Waals surface area contributed by atoms with Gasteiger partial charge in [0.25, 0.3) is 0 Å². The van der Waals surface area contributed by atoms with Gasteiger partial charge in [-0.3, -0.25) is 4.79 Å². The smallest absolute Gasteiger partial charge is 0.330 e. The molecule has 1 amide bonds. The Labute approximate surface area is 122 Å². The van der Waals surface area contributed by atoms with Gasteiger partial charge < -0.3 is 10.2 Å². The lowest BCUT2D eigenvalue weighted by Gasteiger charge is -2.33. The van der Waals surface area contributed by atoms with Crippen LogP contribution in [0.25, 0.3) is 0 Å². The van der Waals surface area contributed by atoms with Crippen molar-refractivity contribution in [2.24, 2.45) is 0 Å². The molecular formula is C15H19F3N2O. The Morgan fingerprint density at radius 1 is 1.33 bits per heavy atom. The molecule has 0 saturated heterocycles. The van der Waals surface area contributed by atoms with Gasteiger partial charge in [-0.05, 0) is 31.4 Å². The van der Waals surface area contributed by atoms with Crippen LogP contribution in [0.15, 0.2) is 24.3 Å². The van der Waals surface area contributed by atoms with E-state index < -0.39 is 30.7 Å². The van der Waals surface area contributed by atoms with E-state index in [2.05, 4.69) is 5.32 Å². The minimum absolute atomic E-state index is 0.427. The highest BCUT2D eigenvalue weighted by Crippen LogP contribution is 2.21. The van der Waals surface area contributed by atoms with Gasteiger partial charge in [0.2, 0.25) is 5.91 Å². The summed E-state index contributed by atoms with van der Waals surface area (Å²) in [5, 5.41) is 3.04. The Morgan fingerprint density at radius 2 is 1.95 bits per heavy atom. The van der Waals surface area contributed by atoms with Crippen LogP contribution in [0.4, 0.5) is 13.2 Å². The molecule has 1 heterocycles. The van der Waals surface area contributed by atoms with Gasteiger partial charge >= 0.3 is 6.18 Å². The molecule has 0 unspecified atom stereocenters. The van der Waals surface area contributed by atoms with Gasteiger partial charge in [0, 0.05) is 12.6 Å². The van der Waals surface area contributed by atoms with Crippen molar-refractivity contribution in [2.75, 3.05) is 6.54 Å². The standard InChI is InChI=1S/C15H19F3N2O/c1-10(2)20(9-15(16,17)18)14(21)13-7-11-5-3-4-6-12(11)8-19-13/h3-6,10,13,19H,7-9H2,1-2H3/t13-/m1/s1. The monoisotopic (exact) mass is 300 g/mol. The molecule has 1 N–H and O–H groups in total. The third-order valence-corrected chi connectivity index (χ3v) is 3.64. The largest absolute Gasteiger partial charge is 0.406 e. The molecule has 0 bridgehead atoms. The number of carbonyl (C=O) groups excluding carboxylic acids is 1. The summed E-state index contributed by atoms with van der Waals surface area (Å²) in [6.07, 6.45) is -3.96. The van der Waals surface area contributed by atoms with Crippen molar-refractivity contribution in [1.29, 1.82) is 0 Å². The Kier molecular flexibility index (Phi) is 4.56. The quantitative estimate of drug-likeness (QED) is 0.930. The van der Waals surface area contributed by atoms with Crippen molar-refractivity contribution in [3.05, 3.63) is 35.4 Å². The molecule has 0 fully saturated rings. The lowest BCUT2D eigenvalue weighted by molar-refractivity contribution is -0.166. The maximum absolute atomic E-state index is 12.6. The van der Waals surface area contributed by atoms with Crippen LogP contribution in [0.5, 0.6) is 0 Å². The molecule has 1 aromatic carbocycles. The van der Waals surface area contributed by atoms with Crippen molar-refractivity contribution in [2.45, 2.75) is 45.1 Å². The number of rotatable bonds is 3. The first-order chi connectivity index (χ1) is 9.78. The lowest BCUT2D eigenvalue weighted by Crippen LogP contribution is -2.53. The molecule has 116 valence electrons. The molecule has 0 spiro atoms. The van der Waals surface area contributed by atoms with Crippen LogP contribution in [0.2, 0.25) is 0 Å². The summed E-state index contributed by atoms with van der Waals surface area (Å²) in [5.41, 5.74) is 2.11. The number of carbonyl (C=O) groups is 1. The molecule has 1 aliphatic rings. The number of nitrogens with zero attached hydrogens (tertiary/aromatic N) is 1. The predicted octanol–water partition coefficient (Wildman–Crippen LogP) is 2.50. The van der Waals surface area contributed by atoms with E-state index in [1.807, 2.05) is 24.3 Å². The number of fused-ring (bicyclic) bond motifs is 1. The van der Waals surface area contributed by atoms with Crippen molar-refractivity contribution < 1.29 is 18.0 Å². The van der Waals surface area contributed by atoms with Gasteiger partial charge in [-0.1, -0.05) is 24.3 Å². The van der Waals surface area contributed by atoms with Crippen LogP contribution >= 0.6 is 0 Å². The summed E-state index contributed by atoms with van der Waals surface area (Å²) in [6, 6.07) is 6.58. The molecule has 1 aliphatic heterocycles. The van der Waals surface area contributed by atoms with Crippen LogP contribution in [-0.2, 0) is 17.8 Å². The first-order valence-electron chi connectivity index (χ1n) is 6.95. The molecule has 0 radical (unpaired) electrons. The van der Waals surface area contributed by atoms with Gasteiger partial charge in [0.1, 0.15) is 6.54 Å². The zero-order valence-corrected chi connectivity index (χ0v) is 12.1. The maximum atomic E-state index is 12.6. The zero-order chi connectivity index (χ0) is 15.6. The van der Waals surface area contributed by atoms with Crippen LogP contribution in [0.3, 0.4) is 0 Å². The van der Waals surface area contributed by atoms with Gasteiger partial charge in [-0.15, -0.1) is 0 Å². The van der Waals surface area contributed by atoms with E-state index in [4.69, 9.17) is 0 Å². The molecular weight excluding hydrogens is 281 g/mol. The molecule has 21 heavy (non-hydrogen) atoms. The van der Waals surface area contributed by atoms with Gasteiger partial charge in [0.05, 0.1) is 6.04 Å². The van der Waals surface area contributed by atoms with Gasteiger partial charge in [0.15, 0.2) is 0 Å². The second-order valence-electron chi connectivity index (χ2n) is 5.58. The van der Waals surface area contributed by atoms with Crippen LogP contribution < -0.4 is 5.32 Å². The molecule has 0 aliphatic carbocycles. The summed E-state index contributed by atoms with van der Waals surface area (Å²) in [4.78, 5) is 13.3. The summed E-state index contributed by atoms with van der Waals surface area (Å²) in [7, 11) is 0. The van der Waals surface area contributed by atoms with Crippen molar-refractivity contribution >= 4 is 5.91 Å². The number of nitrogens with one attached hydrogen (secondary N) is 1. The average Bonchev–Trinajstić information content (AvgIpc) is 2.42. The molecule has 6 heteroatoms. The number of alkyl halides is 3. The van der Waals surface area contributed by atoms with Crippen molar-refractivity contribution in [1.82, 2.24) is 10.2 Å². The van der Waals surface area contributed by atoms with E-state index in [0.717, 1.165) is 16.0 Å². The Bertz CT molecular complexity index is 514. The minimum Gasteiger partial charge on any atom is -0.330 e. The van der Waals surface area contributed by atoms with E-state index in [1.54, 1.807) is 13.8 Å². The minimum atomic E-state index is -4.38. The fraction of sp³-hybridized carbons (Fsp3) is 0.533. The summed E-state index contributed by atoms with van der Waals surface area (Å²) < 4.78 is 37.9. The second-order valence-corrected chi connectivity index (χ2v) is 5.58. The number of amides is 1. The fourth-order valence-electron chi connectivity index (χ4n) is 2.54. The van der Waals surface area contributed by atoms with Crippen LogP contribution in [0.1, 0.15) is 25.0 Å². The Hall–Kier alpha value is -1.56. The number of halogens is 3. The normalized spacial score (nSPS) is 18.5.